The van der Waals surface area contributed by atoms with Gasteiger partial charge < -0.3 is 9.84 Å². The Labute approximate surface area is 76.7 Å². The summed E-state index contributed by atoms with van der Waals surface area (Å²) < 4.78 is 5.87. The van der Waals surface area contributed by atoms with Gasteiger partial charge in [-0.1, -0.05) is 11.8 Å². The largest absolute Gasteiger partial charge is 0.507 e. The lowest BCUT2D eigenvalue weighted by atomic mass is 10.2. The number of aliphatic hydroxyl groups is 1. The Morgan fingerprint density at radius 3 is 3.36 bits per heavy atom. The summed E-state index contributed by atoms with van der Waals surface area (Å²) in [5.41, 5.74) is 0.604. The molecule has 2 nitrogen and oxygen atoms in total. The van der Waals surface area contributed by atoms with Crippen LogP contribution >= 0.6 is 27.7 Å². The van der Waals surface area contributed by atoms with Crippen molar-refractivity contribution in [2.45, 2.75) is 5.44 Å². The maximum absolute atomic E-state index is 9.35. The highest BCUT2D eigenvalue weighted by molar-refractivity contribution is 9.11. The molecule has 2 rings (SSSR count). The highest BCUT2D eigenvalue weighted by atomic mass is 79.9. The fourth-order valence-corrected chi connectivity index (χ4v) is 2.23. The van der Waals surface area contributed by atoms with E-state index in [-0.39, 0.29) is 11.2 Å². The van der Waals surface area contributed by atoms with Crippen molar-refractivity contribution in [2.24, 2.45) is 0 Å². The molecule has 0 aromatic rings. The zero-order chi connectivity index (χ0) is 7.84. The van der Waals surface area contributed by atoms with Crippen LogP contribution in [0.4, 0.5) is 0 Å². The molecule has 2 heterocycles. The summed E-state index contributed by atoms with van der Waals surface area (Å²) in [6.07, 6.45) is 4.43. The number of ether oxygens (including phenoxy) is 1. The van der Waals surface area contributed by atoms with Crippen molar-refractivity contribution in [2.75, 3.05) is 0 Å². The number of allylic oxidation sites excluding steroid dienone is 1. The molecule has 0 amide bonds. The van der Waals surface area contributed by atoms with Crippen molar-refractivity contribution in [3.8, 4) is 0 Å². The van der Waals surface area contributed by atoms with E-state index in [1.165, 1.54) is 17.8 Å². The zero-order valence-electron chi connectivity index (χ0n) is 5.37. The second kappa shape index (κ2) is 2.60. The minimum Gasteiger partial charge on any atom is -0.507 e. The molecule has 57 valence electrons. The summed E-state index contributed by atoms with van der Waals surface area (Å²) in [4.78, 5) is 0. The minimum absolute atomic E-state index is 0.116. The van der Waals surface area contributed by atoms with Crippen LogP contribution in [-0.2, 0) is 4.74 Å². The molecule has 0 saturated heterocycles. The smallest absolute Gasteiger partial charge is 0.178 e. The van der Waals surface area contributed by atoms with E-state index in [0.29, 0.717) is 4.67 Å². The third-order valence-corrected chi connectivity index (χ3v) is 2.64. The first-order valence-corrected chi connectivity index (χ1v) is 4.71. The average molecular weight is 232 g/mol. The number of hydrogen-bond donors (Lipinski definition) is 1. The summed E-state index contributed by atoms with van der Waals surface area (Å²) in [6.45, 7) is 0. The van der Waals surface area contributed by atoms with Crippen molar-refractivity contribution in [3.05, 3.63) is 33.6 Å². The first kappa shape index (κ1) is 7.31. The quantitative estimate of drug-likeness (QED) is 0.695. The van der Waals surface area contributed by atoms with Gasteiger partial charge in [-0.25, -0.2) is 0 Å². The molecule has 0 aliphatic carbocycles. The molecule has 4 heteroatoms. The second-order valence-corrected chi connectivity index (χ2v) is 3.81. The van der Waals surface area contributed by atoms with Gasteiger partial charge in [-0.2, -0.15) is 0 Å². The molecule has 1 radical (unpaired) electrons. The van der Waals surface area contributed by atoms with E-state index >= 15 is 0 Å². The van der Waals surface area contributed by atoms with Crippen molar-refractivity contribution in [1.29, 1.82) is 0 Å². The second-order valence-electron chi connectivity index (χ2n) is 2.10. The number of rotatable bonds is 0. The fourth-order valence-electron chi connectivity index (χ4n) is 0.898. The minimum atomic E-state index is -0.116. The molecule has 2 aliphatic heterocycles. The van der Waals surface area contributed by atoms with Gasteiger partial charge in [0, 0.05) is 12.2 Å². The average Bonchev–Trinajstić information content (AvgIpc) is 2.34. The number of thioether (sulfide) groups is 1. The normalized spacial score (nSPS) is 28.1. The molecule has 0 fully saturated rings. The molecule has 2 aliphatic rings. The van der Waals surface area contributed by atoms with Gasteiger partial charge in [0.05, 0.1) is 5.57 Å². The van der Waals surface area contributed by atoms with Crippen LogP contribution in [0.5, 0.6) is 0 Å². The van der Waals surface area contributed by atoms with E-state index in [4.69, 9.17) is 4.74 Å². The SMILES string of the molecule is OC1=C2[C]=CSC2OC(Br)=C1. The molecule has 0 bridgehead atoms. The number of halogens is 1. The molecule has 0 spiro atoms. The van der Waals surface area contributed by atoms with Crippen LogP contribution in [-0.4, -0.2) is 10.5 Å². The van der Waals surface area contributed by atoms with Crippen molar-refractivity contribution in [1.82, 2.24) is 0 Å². The van der Waals surface area contributed by atoms with Crippen LogP contribution in [0.1, 0.15) is 0 Å². The van der Waals surface area contributed by atoms with Gasteiger partial charge in [0.25, 0.3) is 0 Å². The van der Waals surface area contributed by atoms with E-state index in [9.17, 15) is 5.11 Å². The number of aliphatic hydroxyl groups excluding tert-OH is 1. The van der Waals surface area contributed by atoms with Crippen LogP contribution < -0.4 is 0 Å². The highest BCUT2D eigenvalue weighted by Gasteiger charge is 2.26. The van der Waals surface area contributed by atoms with Crippen molar-refractivity contribution < 1.29 is 9.84 Å². The van der Waals surface area contributed by atoms with Crippen LogP contribution in [0.3, 0.4) is 0 Å². The Morgan fingerprint density at radius 1 is 1.73 bits per heavy atom. The maximum Gasteiger partial charge on any atom is 0.178 e. The zero-order valence-corrected chi connectivity index (χ0v) is 7.78. The molecule has 1 N–H and O–H groups in total. The van der Waals surface area contributed by atoms with Gasteiger partial charge in [0.1, 0.15) is 5.76 Å². The van der Waals surface area contributed by atoms with Gasteiger partial charge in [-0.15, -0.1) is 0 Å². The van der Waals surface area contributed by atoms with Gasteiger partial charge in [-0.05, 0) is 21.3 Å². The lowest BCUT2D eigenvalue weighted by Gasteiger charge is -2.18. The van der Waals surface area contributed by atoms with Gasteiger partial charge >= 0.3 is 0 Å². The topological polar surface area (TPSA) is 29.5 Å². The maximum atomic E-state index is 9.35. The predicted octanol–water partition coefficient (Wildman–Crippen LogP) is 2.45. The summed E-state index contributed by atoms with van der Waals surface area (Å²) in [5.74, 6) is 0.231. The molecular weight excluding hydrogens is 228 g/mol. The van der Waals surface area contributed by atoms with Crippen molar-refractivity contribution in [3.63, 3.8) is 0 Å². The molecular formula is C7H4BrO2S. The summed E-state index contributed by atoms with van der Waals surface area (Å²) in [6, 6.07) is 0. The number of fused-ring (bicyclic) bond motifs is 1. The predicted molar refractivity (Wildman–Crippen MR) is 46.9 cm³/mol. The molecule has 1 atom stereocenters. The summed E-state index contributed by atoms with van der Waals surface area (Å²) in [5, 5.41) is 11.1. The van der Waals surface area contributed by atoms with Crippen LogP contribution in [0, 0.1) is 6.08 Å². The van der Waals surface area contributed by atoms with Gasteiger partial charge in [-0.3, -0.25) is 0 Å². The van der Waals surface area contributed by atoms with Crippen molar-refractivity contribution >= 4 is 27.7 Å². The third kappa shape index (κ3) is 1.20. The van der Waals surface area contributed by atoms with E-state index < -0.39 is 0 Å². The Balaban J connectivity index is 2.41. The summed E-state index contributed by atoms with van der Waals surface area (Å²) in [7, 11) is 0. The van der Waals surface area contributed by atoms with E-state index in [1.807, 2.05) is 0 Å². The molecule has 1 unspecified atom stereocenters. The molecule has 0 aromatic heterocycles. The molecule has 0 saturated carbocycles. The Morgan fingerprint density at radius 2 is 2.55 bits per heavy atom. The van der Waals surface area contributed by atoms with E-state index in [2.05, 4.69) is 22.0 Å². The standard InChI is InChI=1S/C7H4BrO2S/c8-6-3-5(9)4-1-2-11-7(4)10-6/h2-3,7,9H. The Bertz CT molecular complexity index is 280. The first-order valence-electron chi connectivity index (χ1n) is 2.98. The van der Waals surface area contributed by atoms with E-state index in [0.717, 1.165) is 5.57 Å². The van der Waals surface area contributed by atoms with Crippen LogP contribution in [0.25, 0.3) is 0 Å². The first-order chi connectivity index (χ1) is 5.27. The lowest BCUT2D eigenvalue weighted by molar-refractivity contribution is 0.229. The Hall–Kier alpha value is -0.350. The Kier molecular flexibility index (Phi) is 1.73. The lowest BCUT2D eigenvalue weighted by Crippen LogP contribution is -2.11. The van der Waals surface area contributed by atoms with Crippen LogP contribution in [0.15, 0.2) is 27.5 Å². The number of hydrogen-bond acceptors (Lipinski definition) is 3. The van der Waals surface area contributed by atoms with E-state index in [1.54, 1.807) is 5.41 Å². The monoisotopic (exact) mass is 231 g/mol. The summed E-state index contributed by atoms with van der Waals surface area (Å²) >= 11 is 4.64. The third-order valence-electron chi connectivity index (χ3n) is 1.39. The van der Waals surface area contributed by atoms with Gasteiger partial charge in [0.2, 0.25) is 0 Å². The van der Waals surface area contributed by atoms with Gasteiger partial charge in [0.15, 0.2) is 10.1 Å². The fraction of sp³-hybridized carbons (Fsp3) is 0.143. The highest BCUT2D eigenvalue weighted by Crippen LogP contribution is 2.37. The molecule has 0 aromatic carbocycles. The van der Waals surface area contributed by atoms with Crippen LogP contribution in [0.2, 0.25) is 0 Å². The molecule has 11 heavy (non-hydrogen) atoms.